The van der Waals surface area contributed by atoms with Crippen LogP contribution in [-0.4, -0.2) is 34.2 Å². The molecule has 16 heavy (non-hydrogen) atoms. The van der Waals surface area contributed by atoms with Crippen LogP contribution in [0.1, 0.15) is 6.42 Å². The Hall–Kier alpha value is -1.88. The minimum Gasteiger partial charge on any atom is -0.448 e. The summed E-state index contributed by atoms with van der Waals surface area (Å²) in [6.45, 7) is 0.205. The van der Waals surface area contributed by atoms with Crippen molar-refractivity contribution in [3.63, 3.8) is 0 Å². The Morgan fingerprint density at radius 1 is 1.44 bits per heavy atom. The molecule has 0 amide bonds. The summed E-state index contributed by atoms with van der Waals surface area (Å²) in [6.07, 6.45) is 1.53. The molecule has 0 bridgehead atoms. The van der Waals surface area contributed by atoms with E-state index in [1.807, 2.05) is 18.2 Å². The number of para-hydroxylation sites is 1. The van der Waals surface area contributed by atoms with Crippen molar-refractivity contribution in [1.82, 2.24) is 9.78 Å². The average molecular weight is 220 g/mol. The van der Waals surface area contributed by atoms with Crippen molar-refractivity contribution in [3.8, 4) is 0 Å². The molecule has 5 heteroatoms. The van der Waals surface area contributed by atoms with Crippen molar-refractivity contribution in [3.05, 3.63) is 30.5 Å². The molecule has 2 rings (SSSR count). The summed E-state index contributed by atoms with van der Waals surface area (Å²) in [4.78, 5) is 11.6. The second kappa shape index (κ2) is 4.76. The molecule has 0 spiro atoms. The summed E-state index contributed by atoms with van der Waals surface area (Å²) in [6, 6.07) is 7.39. The van der Waals surface area contributed by atoms with Crippen LogP contribution in [0.5, 0.6) is 0 Å². The summed E-state index contributed by atoms with van der Waals surface area (Å²) >= 11 is 0. The van der Waals surface area contributed by atoms with Crippen molar-refractivity contribution < 1.29 is 14.6 Å². The lowest BCUT2D eigenvalue weighted by atomic mass is 10.3. The van der Waals surface area contributed by atoms with Crippen molar-refractivity contribution in [1.29, 1.82) is 0 Å². The van der Waals surface area contributed by atoms with Crippen LogP contribution < -0.4 is 0 Å². The summed E-state index contributed by atoms with van der Waals surface area (Å²) in [5.41, 5.74) is 0.719. The van der Waals surface area contributed by atoms with E-state index in [2.05, 4.69) is 5.10 Å². The molecule has 0 radical (unpaired) electrons. The van der Waals surface area contributed by atoms with Crippen LogP contribution in [0.4, 0.5) is 4.79 Å². The SMILES string of the molecule is O=C(OCCCO)n1ncc2ccccc21. The van der Waals surface area contributed by atoms with Gasteiger partial charge in [-0.15, -0.1) is 0 Å². The first-order valence-corrected chi connectivity index (χ1v) is 5.03. The maximum atomic E-state index is 11.6. The number of nitrogens with zero attached hydrogens (tertiary/aromatic N) is 2. The van der Waals surface area contributed by atoms with Crippen LogP contribution in [0, 0.1) is 0 Å². The largest absolute Gasteiger partial charge is 0.448 e. The van der Waals surface area contributed by atoms with Gasteiger partial charge in [0, 0.05) is 18.4 Å². The van der Waals surface area contributed by atoms with Gasteiger partial charge in [-0.2, -0.15) is 9.78 Å². The number of fused-ring (bicyclic) bond motifs is 1. The molecule has 0 aliphatic heterocycles. The zero-order valence-corrected chi connectivity index (χ0v) is 8.67. The number of hydrogen-bond acceptors (Lipinski definition) is 4. The van der Waals surface area contributed by atoms with Crippen LogP contribution >= 0.6 is 0 Å². The van der Waals surface area contributed by atoms with Gasteiger partial charge in [0.2, 0.25) is 0 Å². The molecule has 84 valence electrons. The van der Waals surface area contributed by atoms with E-state index in [0.717, 1.165) is 10.9 Å². The lowest BCUT2D eigenvalue weighted by Gasteiger charge is -2.03. The van der Waals surface area contributed by atoms with Gasteiger partial charge in [-0.1, -0.05) is 18.2 Å². The van der Waals surface area contributed by atoms with E-state index in [4.69, 9.17) is 9.84 Å². The average Bonchev–Trinajstić information content (AvgIpc) is 2.73. The Bertz CT molecular complexity index is 493. The van der Waals surface area contributed by atoms with E-state index in [1.165, 1.54) is 4.68 Å². The molecule has 0 aliphatic rings. The lowest BCUT2D eigenvalue weighted by Crippen LogP contribution is -2.16. The lowest BCUT2D eigenvalue weighted by molar-refractivity contribution is 0.135. The van der Waals surface area contributed by atoms with E-state index in [1.54, 1.807) is 12.3 Å². The van der Waals surface area contributed by atoms with Gasteiger partial charge in [0.25, 0.3) is 0 Å². The Balaban J connectivity index is 2.17. The number of benzene rings is 1. The van der Waals surface area contributed by atoms with E-state index >= 15 is 0 Å². The number of carbonyl (C=O) groups is 1. The molecule has 1 N–H and O–H groups in total. The third-order valence-electron chi connectivity index (χ3n) is 2.18. The maximum Gasteiger partial charge on any atom is 0.435 e. The Morgan fingerprint density at radius 2 is 2.25 bits per heavy atom. The van der Waals surface area contributed by atoms with Gasteiger partial charge in [-0.25, -0.2) is 4.79 Å². The maximum absolute atomic E-state index is 11.6. The van der Waals surface area contributed by atoms with Crippen LogP contribution in [0.3, 0.4) is 0 Å². The summed E-state index contributed by atoms with van der Waals surface area (Å²) in [7, 11) is 0. The summed E-state index contributed by atoms with van der Waals surface area (Å²) < 4.78 is 6.15. The third kappa shape index (κ3) is 2.04. The van der Waals surface area contributed by atoms with Gasteiger partial charge in [0.05, 0.1) is 18.3 Å². The minimum atomic E-state index is -0.519. The van der Waals surface area contributed by atoms with Gasteiger partial charge < -0.3 is 9.84 Å². The summed E-state index contributed by atoms with van der Waals surface area (Å²) in [5.74, 6) is 0. The number of carbonyl (C=O) groups excluding carboxylic acids is 1. The topological polar surface area (TPSA) is 64.3 Å². The normalized spacial score (nSPS) is 10.6. The molecular weight excluding hydrogens is 208 g/mol. The predicted molar refractivity (Wildman–Crippen MR) is 58.2 cm³/mol. The number of aliphatic hydroxyl groups excluding tert-OH is 1. The van der Waals surface area contributed by atoms with Gasteiger partial charge >= 0.3 is 6.09 Å². The number of ether oxygens (including phenoxy) is 1. The fourth-order valence-corrected chi connectivity index (χ4v) is 1.40. The van der Waals surface area contributed by atoms with E-state index in [9.17, 15) is 4.79 Å². The molecular formula is C11H12N2O3. The second-order valence-electron chi connectivity index (χ2n) is 3.31. The standard InChI is InChI=1S/C11H12N2O3/c14-6-3-7-16-11(15)13-10-5-2-1-4-9(10)8-12-13/h1-2,4-5,8,14H,3,6-7H2. The molecule has 0 saturated carbocycles. The second-order valence-corrected chi connectivity index (χ2v) is 3.31. The highest BCUT2D eigenvalue weighted by molar-refractivity contribution is 5.87. The van der Waals surface area contributed by atoms with E-state index in [-0.39, 0.29) is 13.2 Å². The molecule has 5 nitrogen and oxygen atoms in total. The molecule has 0 saturated heterocycles. The van der Waals surface area contributed by atoms with Crippen LogP contribution in [-0.2, 0) is 4.74 Å². The molecule has 1 aromatic heterocycles. The Morgan fingerprint density at radius 3 is 3.06 bits per heavy atom. The molecule has 0 atom stereocenters. The van der Waals surface area contributed by atoms with E-state index in [0.29, 0.717) is 6.42 Å². The van der Waals surface area contributed by atoms with Crippen molar-refractivity contribution in [2.75, 3.05) is 13.2 Å². The van der Waals surface area contributed by atoms with Gasteiger partial charge in [-0.3, -0.25) is 0 Å². The molecule has 0 fully saturated rings. The van der Waals surface area contributed by atoms with Crippen LogP contribution in [0.2, 0.25) is 0 Å². The van der Waals surface area contributed by atoms with Crippen molar-refractivity contribution in [2.45, 2.75) is 6.42 Å². The fourth-order valence-electron chi connectivity index (χ4n) is 1.40. The minimum absolute atomic E-state index is 0.00708. The van der Waals surface area contributed by atoms with E-state index < -0.39 is 6.09 Å². The Labute approximate surface area is 92.2 Å². The van der Waals surface area contributed by atoms with Crippen LogP contribution in [0.25, 0.3) is 10.9 Å². The quantitative estimate of drug-likeness (QED) is 0.794. The van der Waals surface area contributed by atoms with Crippen molar-refractivity contribution >= 4 is 17.0 Å². The van der Waals surface area contributed by atoms with Gasteiger partial charge in [0.15, 0.2) is 0 Å². The van der Waals surface area contributed by atoms with Gasteiger partial charge in [0.1, 0.15) is 0 Å². The monoisotopic (exact) mass is 220 g/mol. The highest BCUT2D eigenvalue weighted by atomic mass is 16.6. The number of rotatable bonds is 3. The smallest absolute Gasteiger partial charge is 0.435 e. The van der Waals surface area contributed by atoms with Crippen molar-refractivity contribution in [2.24, 2.45) is 0 Å². The number of aliphatic hydroxyl groups is 1. The molecule has 2 aromatic rings. The summed E-state index contributed by atoms with van der Waals surface area (Å²) in [5, 5.41) is 13.4. The van der Waals surface area contributed by atoms with Gasteiger partial charge in [-0.05, 0) is 6.07 Å². The highest BCUT2D eigenvalue weighted by Gasteiger charge is 2.10. The fraction of sp³-hybridized carbons (Fsp3) is 0.273. The first-order valence-electron chi connectivity index (χ1n) is 5.03. The predicted octanol–water partition coefficient (Wildman–Crippen LogP) is 1.40. The first-order chi connectivity index (χ1) is 7.83. The number of hydrogen-bond donors (Lipinski definition) is 1. The zero-order chi connectivity index (χ0) is 11.4. The molecule has 1 heterocycles. The first kappa shape index (κ1) is 10.6. The third-order valence-corrected chi connectivity index (χ3v) is 2.18. The molecule has 0 unspecified atom stereocenters. The van der Waals surface area contributed by atoms with Crippen LogP contribution in [0.15, 0.2) is 30.5 Å². The number of aromatic nitrogens is 2. The molecule has 1 aromatic carbocycles. The Kier molecular flexibility index (Phi) is 3.16. The zero-order valence-electron chi connectivity index (χ0n) is 8.67. The molecule has 0 aliphatic carbocycles. The highest BCUT2D eigenvalue weighted by Crippen LogP contribution is 2.12.